The van der Waals surface area contributed by atoms with Crippen LogP contribution in [0.25, 0.3) is 0 Å². The Kier molecular flexibility index (Phi) is 5.10. The first-order chi connectivity index (χ1) is 13.4. The zero-order valence-corrected chi connectivity index (χ0v) is 15.9. The third-order valence-electron chi connectivity index (χ3n) is 5.31. The van der Waals surface area contributed by atoms with Gasteiger partial charge in [0.2, 0.25) is 0 Å². The van der Waals surface area contributed by atoms with Crippen LogP contribution in [0.3, 0.4) is 0 Å². The molecule has 3 atom stereocenters. The molecule has 1 aromatic heterocycles. The molecule has 2 heterocycles. The summed E-state index contributed by atoms with van der Waals surface area (Å²) in [7, 11) is 0. The van der Waals surface area contributed by atoms with Crippen LogP contribution in [0.5, 0.6) is 11.5 Å². The van der Waals surface area contributed by atoms with Crippen molar-refractivity contribution in [1.82, 2.24) is 4.98 Å². The first kappa shape index (κ1) is 18.9. The van der Waals surface area contributed by atoms with Crippen molar-refractivity contribution in [1.29, 1.82) is 0 Å². The van der Waals surface area contributed by atoms with E-state index >= 15 is 0 Å². The molecule has 2 N–H and O–H groups in total. The van der Waals surface area contributed by atoms with Gasteiger partial charge in [0.05, 0.1) is 25.3 Å². The van der Waals surface area contributed by atoms with Crippen LogP contribution >= 0.6 is 0 Å². The third-order valence-corrected chi connectivity index (χ3v) is 5.31. The standard InChI is InChI=1S/C21H25F2N3O2/c1-14(24)15-2-4-17(5-3-15)28-19-8-9-26(12-19)20-7-6-18(11-25-20)27-13-16-10-21(16,22)23/h2-7,11,14,16,19H,8-10,12-13,24H2,1H3/t14-,16?,19+/m0/s1. The monoisotopic (exact) mass is 389 g/mol. The Hall–Kier alpha value is -2.41. The molecule has 0 amide bonds. The molecule has 1 saturated carbocycles. The van der Waals surface area contributed by atoms with Gasteiger partial charge in [0.25, 0.3) is 5.92 Å². The average Bonchev–Trinajstić information content (AvgIpc) is 3.06. The number of benzene rings is 1. The van der Waals surface area contributed by atoms with Gasteiger partial charge < -0.3 is 20.1 Å². The maximum absolute atomic E-state index is 12.9. The molecule has 0 spiro atoms. The lowest BCUT2D eigenvalue weighted by molar-refractivity contribution is 0.0855. The number of anilines is 1. The van der Waals surface area contributed by atoms with Crippen LogP contribution in [-0.2, 0) is 0 Å². The molecule has 2 aliphatic rings. The fraction of sp³-hybridized carbons (Fsp3) is 0.476. The second kappa shape index (κ2) is 7.54. The molecule has 7 heteroatoms. The normalized spacial score (nSPS) is 24.1. The highest BCUT2D eigenvalue weighted by Crippen LogP contribution is 2.48. The van der Waals surface area contributed by atoms with Crippen LogP contribution in [0, 0.1) is 5.92 Å². The van der Waals surface area contributed by atoms with Gasteiger partial charge in [-0.25, -0.2) is 13.8 Å². The molecule has 1 aliphatic carbocycles. The molecule has 1 saturated heterocycles. The summed E-state index contributed by atoms with van der Waals surface area (Å²) in [4.78, 5) is 6.56. The molecule has 28 heavy (non-hydrogen) atoms. The molecule has 2 aromatic rings. The molecule has 0 radical (unpaired) electrons. The summed E-state index contributed by atoms with van der Waals surface area (Å²) in [6.45, 7) is 3.59. The van der Waals surface area contributed by atoms with Gasteiger partial charge in [0.1, 0.15) is 23.4 Å². The molecule has 2 fully saturated rings. The topological polar surface area (TPSA) is 60.6 Å². The minimum atomic E-state index is -2.55. The smallest absolute Gasteiger partial charge is 0.255 e. The minimum Gasteiger partial charge on any atom is -0.491 e. The van der Waals surface area contributed by atoms with E-state index in [-0.39, 0.29) is 25.2 Å². The third kappa shape index (κ3) is 4.35. The van der Waals surface area contributed by atoms with Crippen molar-refractivity contribution in [2.45, 2.75) is 37.8 Å². The number of rotatable bonds is 7. The van der Waals surface area contributed by atoms with Crippen LogP contribution in [0.2, 0.25) is 0 Å². The molecular weight excluding hydrogens is 364 g/mol. The first-order valence-electron chi connectivity index (χ1n) is 9.64. The largest absolute Gasteiger partial charge is 0.491 e. The zero-order chi connectivity index (χ0) is 19.7. The molecule has 4 rings (SSSR count). The predicted octanol–water partition coefficient (Wildman–Crippen LogP) is 3.79. The van der Waals surface area contributed by atoms with E-state index < -0.39 is 11.8 Å². The highest BCUT2D eigenvalue weighted by molar-refractivity contribution is 5.42. The van der Waals surface area contributed by atoms with Crippen molar-refractivity contribution in [3.05, 3.63) is 48.2 Å². The summed E-state index contributed by atoms with van der Waals surface area (Å²) >= 11 is 0. The molecule has 1 aromatic carbocycles. The molecule has 150 valence electrons. The molecular formula is C21H25F2N3O2. The van der Waals surface area contributed by atoms with E-state index in [1.807, 2.05) is 37.3 Å². The van der Waals surface area contributed by atoms with Crippen molar-refractivity contribution in [3.8, 4) is 11.5 Å². The van der Waals surface area contributed by atoms with E-state index in [4.69, 9.17) is 15.2 Å². The van der Waals surface area contributed by atoms with Crippen LogP contribution < -0.4 is 20.1 Å². The van der Waals surface area contributed by atoms with Gasteiger partial charge >= 0.3 is 0 Å². The fourth-order valence-corrected chi connectivity index (χ4v) is 3.37. The van der Waals surface area contributed by atoms with Gasteiger partial charge in [0, 0.05) is 25.4 Å². The first-order valence-corrected chi connectivity index (χ1v) is 9.64. The van der Waals surface area contributed by atoms with Gasteiger partial charge in [-0.15, -0.1) is 0 Å². The number of ether oxygens (including phenoxy) is 2. The van der Waals surface area contributed by atoms with Crippen LogP contribution in [0.4, 0.5) is 14.6 Å². The number of nitrogens with two attached hydrogens (primary N) is 1. The number of pyridine rings is 1. The summed E-state index contributed by atoms with van der Waals surface area (Å²) in [6, 6.07) is 11.5. The lowest BCUT2D eigenvalue weighted by atomic mass is 10.1. The number of halogens is 2. The van der Waals surface area contributed by atoms with E-state index in [9.17, 15) is 8.78 Å². The Morgan fingerprint density at radius 2 is 1.93 bits per heavy atom. The van der Waals surface area contributed by atoms with Gasteiger partial charge in [-0.2, -0.15) is 0 Å². The Labute approximate surface area is 163 Å². The van der Waals surface area contributed by atoms with Gasteiger partial charge in [-0.05, 0) is 36.8 Å². The van der Waals surface area contributed by atoms with Crippen molar-refractivity contribution in [3.63, 3.8) is 0 Å². The maximum atomic E-state index is 12.9. The summed E-state index contributed by atoms with van der Waals surface area (Å²) in [5, 5.41) is 0. The number of alkyl halides is 2. The van der Waals surface area contributed by atoms with Crippen LogP contribution in [0.15, 0.2) is 42.6 Å². The summed E-state index contributed by atoms with van der Waals surface area (Å²) in [6.07, 6.45) is 2.51. The van der Waals surface area contributed by atoms with Gasteiger partial charge in [-0.1, -0.05) is 12.1 Å². The molecule has 1 aliphatic heterocycles. The average molecular weight is 389 g/mol. The Balaban J connectivity index is 1.27. The number of hydrogen-bond donors (Lipinski definition) is 1. The lowest BCUT2D eigenvalue weighted by Crippen LogP contribution is -2.25. The zero-order valence-electron chi connectivity index (χ0n) is 15.9. The van der Waals surface area contributed by atoms with Crippen molar-refractivity contribution >= 4 is 5.82 Å². The minimum absolute atomic E-state index is 0.00909. The van der Waals surface area contributed by atoms with Crippen LogP contribution in [-0.4, -0.2) is 36.7 Å². The number of hydrogen-bond acceptors (Lipinski definition) is 5. The fourth-order valence-electron chi connectivity index (χ4n) is 3.37. The second-order valence-electron chi connectivity index (χ2n) is 7.66. The SMILES string of the molecule is C[C@H](N)c1ccc(O[C@@H]2CCN(c3ccc(OCC4CC4(F)F)cn3)C2)cc1. The summed E-state index contributed by atoms with van der Waals surface area (Å²) in [5.74, 6) is -1.02. The Morgan fingerprint density at radius 1 is 1.21 bits per heavy atom. The highest BCUT2D eigenvalue weighted by atomic mass is 19.3. The summed E-state index contributed by atoms with van der Waals surface area (Å²) in [5.41, 5.74) is 6.95. The number of nitrogens with zero attached hydrogens (tertiary/aromatic N) is 2. The Morgan fingerprint density at radius 3 is 2.54 bits per heavy atom. The van der Waals surface area contributed by atoms with Crippen molar-refractivity contribution in [2.75, 3.05) is 24.6 Å². The van der Waals surface area contributed by atoms with Crippen molar-refractivity contribution in [2.24, 2.45) is 11.7 Å². The van der Waals surface area contributed by atoms with E-state index in [0.717, 1.165) is 36.6 Å². The predicted molar refractivity (Wildman–Crippen MR) is 103 cm³/mol. The molecule has 1 unspecified atom stereocenters. The lowest BCUT2D eigenvalue weighted by Gasteiger charge is -2.18. The maximum Gasteiger partial charge on any atom is 0.255 e. The van der Waals surface area contributed by atoms with Gasteiger partial charge in [0.15, 0.2) is 0 Å². The highest BCUT2D eigenvalue weighted by Gasteiger charge is 2.57. The van der Waals surface area contributed by atoms with E-state index in [1.54, 1.807) is 12.3 Å². The van der Waals surface area contributed by atoms with E-state index in [1.165, 1.54) is 0 Å². The molecule has 0 bridgehead atoms. The molecule has 5 nitrogen and oxygen atoms in total. The van der Waals surface area contributed by atoms with Crippen LogP contribution in [0.1, 0.15) is 31.4 Å². The van der Waals surface area contributed by atoms with Gasteiger partial charge in [-0.3, -0.25) is 0 Å². The Bertz CT molecular complexity index is 796. The van der Waals surface area contributed by atoms with E-state index in [0.29, 0.717) is 5.75 Å². The number of aromatic nitrogens is 1. The summed E-state index contributed by atoms with van der Waals surface area (Å²) < 4.78 is 37.3. The van der Waals surface area contributed by atoms with Crippen molar-refractivity contribution < 1.29 is 18.3 Å². The quantitative estimate of drug-likeness (QED) is 0.781. The van der Waals surface area contributed by atoms with E-state index in [2.05, 4.69) is 9.88 Å². The second-order valence-corrected chi connectivity index (χ2v) is 7.66.